The normalized spacial score (nSPS) is 21.2. The van der Waals surface area contributed by atoms with Crippen LogP contribution < -0.4 is 11.1 Å². The molecular weight excluding hydrogens is 266 g/mol. The lowest BCUT2D eigenvalue weighted by atomic mass is 9.92. The Bertz CT molecular complexity index is 535. The Hall–Kier alpha value is -2.04. The van der Waals surface area contributed by atoms with E-state index in [1.54, 1.807) is 12.1 Å². The lowest BCUT2D eigenvalue weighted by molar-refractivity contribution is -0.121. The van der Waals surface area contributed by atoms with Crippen molar-refractivity contribution >= 4 is 11.7 Å². The highest BCUT2D eigenvalue weighted by Gasteiger charge is 2.31. The van der Waals surface area contributed by atoms with Crippen molar-refractivity contribution < 1.29 is 10.0 Å². The lowest BCUT2D eigenvalue weighted by Gasteiger charge is -2.17. The Morgan fingerprint density at radius 1 is 1.43 bits per heavy atom. The van der Waals surface area contributed by atoms with Crippen molar-refractivity contribution in [2.45, 2.75) is 45.6 Å². The molecule has 1 aliphatic rings. The molecule has 1 amide bonds. The quantitative estimate of drug-likeness (QED) is 0.343. The standard InChI is InChI=1S/C16H23N3O2/c1-16(2)8-7-13(10-16)18-14(20)9-11-3-5-12(6-4-11)15(17)19-21/h3-6,13,21H,7-10H2,1-2H3,(H2,17,19)(H,18,20). The van der Waals surface area contributed by atoms with Crippen LogP contribution in [0.15, 0.2) is 29.4 Å². The van der Waals surface area contributed by atoms with Gasteiger partial charge in [-0.2, -0.15) is 0 Å². The fourth-order valence-corrected chi connectivity index (χ4v) is 2.87. The zero-order chi connectivity index (χ0) is 15.5. The third-order valence-electron chi connectivity index (χ3n) is 4.06. The molecule has 5 nitrogen and oxygen atoms in total. The third-order valence-corrected chi connectivity index (χ3v) is 4.06. The zero-order valence-electron chi connectivity index (χ0n) is 12.6. The topological polar surface area (TPSA) is 87.7 Å². The molecule has 1 fully saturated rings. The van der Waals surface area contributed by atoms with E-state index in [1.165, 1.54) is 0 Å². The second-order valence-corrected chi connectivity index (χ2v) is 6.53. The van der Waals surface area contributed by atoms with E-state index in [0.29, 0.717) is 23.4 Å². The molecule has 0 saturated heterocycles. The molecule has 114 valence electrons. The number of rotatable bonds is 4. The summed E-state index contributed by atoms with van der Waals surface area (Å²) < 4.78 is 0. The summed E-state index contributed by atoms with van der Waals surface area (Å²) >= 11 is 0. The van der Waals surface area contributed by atoms with Gasteiger partial charge < -0.3 is 16.3 Å². The first-order chi connectivity index (χ1) is 9.89. The SMILES string of the molecule is CC1(C)CCC(NC(=O)Cc2ccc(/C(N)=N/O)cc2)C1. The van der Waals surface area contributed by atoms with Crippen LogP contribution in [0.2, 0.25) is 0 Å². The van der Waals surface area contributed by atoms with Gasteiger partial charge in [0.05, 0.1) is 6.42 Å². The fourth-order valence-electron chi connectivity index (χ4n) is 2.87. The van der Waals surface area contributed by atoms with Crippen molar-refractivity contribution in [3.05, 3.63) is 35.4 Å². The van der Waals surface area contributed by atoms with Gasteiger partial charge in [0.15, 0.2) is 5.84 Å². The minimum absolute atomic E-state index is 0.0502. The highest BCUT2D eigenvalue weighted by molar-refractivity contribution is 5.97. The molecule has 21 heavy (non-hydrogen) atoms. The zero-order valence-corrected chi connectivity index (χ0v) is 12.6. The van der Waals surface area contributed by atoms with Crippen molar-refractivity contribution in [3.8, 4) is 0 Å². The fraction of sp³-hybridized carbons (Fsp3) is 0.500. The van der Waals surface area contributed by atoms with Crippen molar-refractivity contribution in [2.75, 3.05) is 0 Å². The summed E-state index contributed by atoms with van der Waals surface area (Å²) in [5.41, 5.74) is 7.39. The predicted molar refractivity (Wildman–Crippen MR) is 82.2 cm³/mol. The van der Waals surface area contributed by atoms with Crippen LogP contribution in [0.25, 0.3) is 0 Å². The van der Waals surface area contributed by atoms with Crippen molar-refractivity contribution in [1.29, 1.82) is 0 Å². The molecule has 0 spiro atoms. The van der Waals surface area contributed by atoms with E-state index in [0.717, 1.165) is 24.8 Å². The molecule has 2 rings (SSSR count). The van der Waals surface area contributed by atoms with Gasteiger partial charge >= 0.3 is 0 Å². The maximum atomic E-state index is 12.1. The van der Waals surface area contributed by atoms with Crippen molar-refractivity contribution in [3.63, 3.8) is 0 Å². The maximum absolute atomic E-state index is 12.1. The first-order valence-corrected chi connectivity index (χ1v) is 7.26. The van der Waals surface area contributed by atoms with Gasteiger partial charge in [0.1, 0.15) is 0 Å². The second-order valence-electron chi connectivity index (χ2n) is 6.53. The van der Waals surface area contributed by atoms with Gasteiger partial charge in [-0.3, -0.25) is 4.79 Å². The number of carbonyl (C=O) groups excluding carboxylic acids is 1. The Morgan fingerprint density at radius 3 is 2.62 bits per heavy atom. The van der Waals surface area contributed by atoms with Crippen LogP contribution in [0.1, 0.15) is 44.2 Å². The van der Waals surface area contributed by atoms with E-state index >= 15 is 0 Å². The van der Waals surface area contributed by atoms with Crippen LogP contribution in [0.5, 0.6) is 0 Å². The summed E-state index contributed by atoms with van der Waals surface area (Å²) in [5.74, 6) is 0.119. The largest absolute Gasteiger partial charge is 0.409 e. The average molecular weight is 289 g/mol. The Balaban J connectivity index is 1.88. The van der Waals surface area contributed by atoms with Crippen molar-refractivity contribution in [2.24, 2.45) is 16.3 Å². The molecule has 4 N–H and O–H groups in total. The van der Waals surface area contributed by atoms with Gasteiger partial charge in [-0.25, -0.2) is 0 Å². The summed E-state index contributed by atoms with van der Waals surface area (Å²) in [4.78, 5) is 12.1. The van der Waals surface area contributed by atoms with Gasteiger partial charge in [0.25, 0.3) is 0 Å². The summed E-state index contributed by atoms with van der Waals surface area (Å²) in [7, 11) is 0. The Labute approximate surface area is 125 Å². The van der Waals surface area contributed by atoms with Gasteiger partial charge in [-0.1, -0.05) is 43.3 Å². The minimum Gasteiger partial charge on any atom is -0.409 e. The number of nitrogens with zero attached hydrogens (tertiary/aromatic N) is 1. The number of carbonyl (C=O) groups is 1. The lowest BCUT2D eigenvalue weighted by Crippen LogP contribution is -2.34. The molecule has 0 aliphatic heterocycles. The third kappa shape index (κ3) is 4.21. The summed E-state index contributed by atoms with van der Waals surface area (Å²) in [6, 6.07) is 7.44. The van der Waals surface area contributed by atoms with E-state index in [2.05, 4.69) is 24.3 Å². The summed E-state index contributed by atoms with van der Waals surface area (Å²) in [6.07, 6.45) is 3.61. The molecule has 1 saturated carbocycles. The van der Waals surface area contributed by atoms with Crippen LogP contribution in [0, 0.1) is 5.41 Å². The summed E-state index contributed by atoms with van der Waals surface area (Å²) in [5, 5.41) is 14.7. The van der Waals surface area contributed by atoms with Crippen LogP contribution in [0.4, 0.5) is 0 Å². The van der Waals surface area contributed by atoms with Gasteiger partial charge in [0.2, 0.25) is 5.91 Å². The molecule has 5 heteroatoms. The maximum Gasteiger partial charge on any atom is 0.224 e. The number of oxime groups is 1. The Morgan fingerprint density at radius 2 is 2.10 bits per heavy atom. The van der Waals surface area contributed by atoms with Crippen LogP contribution >= 0.6 is 0 Å². The Kier molecular flexibility index (Phi) is 4.50. The van der Waals surface area contributed by atoms with E-state index in [-0.39, 0.29) is 11.7 Å². The average Bonchev–Trinajstić information content (AvgIpc) is 2.77. The second kappa shape index (κ2) is 6.16. The molecule has 1 aromatic carbocycles. The molecule has 1 aromatic rings. The number of hydrogen-bond donors (Lipinski definition) is 3. The first-order valence-electron chi connectivity index (χ1n) is 7.26. The van der Waals surface area contributed by atoms with Gasteiger partial charge in [-0.05, 0) is 30.2 Å². The number of nitrogens with two attached hydrogens (primary N) is 1. The van der Waals surface area contributed by atoms with E-state index < -0.39 is 0 Å². The smallest absolute Gasteiger partial charge is 0.224 e. The molecule has 1 atom stereocenters. The van der Waals surface area contributed by atoms with Gasteiger partial charge in [0, 0.05) is 11.6 Å². The van der Waals surface area contributed by atoms with E-state index in [9.17, 15) is 4.79 Å². The number of hydrogen-bond acceptors (Lipinski definition) is 3. The van der Waals surface area contributed by atoms with Crippen LogP contribution in [-0.2, 0) is 11.2 Å². The highest BCUT2D eigenvalue weighted by Crippen LogP contribution is 2.36. The molecule has 0 bridgehead atoms. The molecule has 1 aliphatic carbocycles. The highest BCUT2D eigenvalue weighted by atomic mass is 16.4. The number of amidine groups is 1. The minimum atomic E-state index is 0.0502. The first kappa shape index (κ1) is 15.4. The monoisotopic (exact) mass is 289 g/mol. The van der Waals surface area contributed by atoms with Gasteiger partial charge in [-0.15, -0.1) is 0 Å². The number of benzene rings is 1. The number of amides is 1. The van der Waals surface area contributed by atoms with Crippen molar-refractivity contribution in [1.82, 2.24) is 5.32 Å². The number of nitrogens with one attached hydrogen (secondary N) is 1. The summed E-state index contributed by atoms with van der Waals surface area (Å²) in [6.45, 7) is 4.48. The molecule has 0 heterocycles. The van der Waals surface area contributed by atoms with E-state index in [1.807, 2.05) is 12.1 Å². The molecule has 0 radical (unpaired) electrons. The molecule has 0 aromatic heterocycles. The molecular formula is C16H23N3O2. The van der Waals surface area contributed by atoms with E-state index in [4.69, 9.17) is 10.9 Å². The van der Waals surface area contributed by atoms with Crippen LogP contribution in [-0.4, -0.2) is 23.0 Å². The predicted octanol–water partition coefficient (Wildman–Crippen LogP) is 2.02. The van der Waals surface area contributed by atoms with Crippen LogP contribution in [0.3, 0.4) is 0 Å². The molecule has 1 unspecified atom stereocenters.